The molecule has 0 bridgehead atoms. The van der Waals surface area contributed by atoms with Crippen LogP contribution in [-0.4, -0.2) is 14.2 Å². The molecular formula is C17H18N2O2. The van der Waals surface area contributed by atoms with Crippen LogP contribution in [0.3, 0.4) is 0 Å². The molecule has 0 spiro atoms. The van der Waals surface area contributed by atoms with Crippen molar-refractivity contribution >= 4 is 5.69 Å². The summed E-state index contributed by atoms with van der Waals surface area (Å²) in [4.78, 5) is 0. The molecule has 0 amide bonds. The van der Waals surface area contributed by atoms with Crippen LogP contribution in [0, 0.1) is 18.3 Å². The molecule has 2 aromatic rings. The first kappa shape index (κ1) is 14.7. The number of hydrogen-bond acceptors (Lipinski definition) is 4. The third kappa shape index (κ3) is 3.46. The van der Waals surface area contributed by atoms with Crippen LogP contribution in [0.25, 0.3) is 0 Å². The maximum absolute atomic E-state index is 9.41. The standard InChI is InChI=1S/C17H18N2O2/c1-12-9-13(7-8-17(12)21-3)16(11-18)19-14-5-4-6-15(10-14)20-2/h4-10,16,19H,1-3H3. The lowest BCUT2D eigenvalue weighted by molar-refractivity contribution is 0.411. The number of anilines is 1. The normalized spacial score (nSPS) is 11.3. The summed E-state index contributed by atoms with van der Waals surface area (Å²) in [6.45, 7) is 1.96. The smallest absolute Gasteiger partial charge is 0.140 e. The van der Waals surface area contributed by atoms with E-state index in [1.54, 1.807) is 14.2 Å². The highest BCUT2D eigenvalue weighted by Gasteiger charge is 2.12. The minimum atomic E-state index is -0.429. The van der Waals surface area contributed by atoms with Gasteiger partial charge in [-0.25, -0.2) is 0 Å². The molecule has 0 aromatic heterocycles. The minimum absolute atomic E-state index is 0.429. The van der Waals surface area contributed by atoms with Crippen LogP contribution >= 0.6 is 0 Å². The summed E-state index contributed by atoms with van der Waals surface area (Å²) in [6.07, 6.45) is 0. The number of aryl methyl sites for hydroxylation is 1. The predicted molar refractivity (Wildman–Crippen MR) is 82.7 cm³/mol. The van der Waals surface area contributed by atoms with E-state index in [1.807, 2.05) is 49.4 Å². The molecule has 0 aliphatic heterocycles. The van der Waals surface area contributed by atoms with Gasteiger partial charge in [0.25, 0.3) is 0 Å². The van der Waals surface area contributed by atoms with Crippen LogP contribution in [-0.2, 0) is 0 Å². The maximum Gasteiger partial charge on any atom is 0.140 e. The van der Waals surface area contributed by atoms with E-state index >= 15 is 0 Å². The Hall–Kier alpha value is -2.67. The molecular weight excluding hydrogens is 264 g/mol. The molecule has 0 aliphatic rings. The largest absolute Gasteiger partial charge is 0.497 e. The molecule has 0 saturated carbocycles. The van der Waals surface area contributed by atoms with E-state index < -0.39 is 6.04 Å². The average Bonchev–Trinajstić information content (AvgIpc) is 2.52. The summed E-state index contributed by atoms with van der Waals surface area (Å²) >= 11 is 0. The van der Waals surface area contributed by atoms with Crippen molar-refractivity contribution in [3.05, 3.63) is 53.6 Å². The third-order valence-corrected chi connectivity index (χ3v) is 3.26. The Labute approximate surface area is 124 Å². The monoisotopic (exact) mass is 282 g/mol. The highest BCUT2D eigenvalue weighted by Crippen LogP contribution is 2.26. The van der Waals surface area contributed by atoms with Crippen molar-refractivity contribution < 1.29 is 9.47 Å². The summed E-state index contributed by atoms with van der Waals surface area (Å²) in [7, 11) is 3.26. The van der Waals surface area contributed by atoms with E-state index in [2.05, 4.69) is 11.4 Å². The number of nitrogens with one attached hydrogen (secondary N) is 1. The summed E-state index contributed by atoms with van der Waals surface area (Å²) in [5, 5.41) is 12.6. The van der Waals surface area contributed by atoms with Crippen LogP contribution < -0.4 is 14.8 Å². The fourth-order valence-corrected chi connectivity index (χ4v) is 2.15. The lowest BCUT2D eigenvalue weighted by atomic mass is 10.0. The van der Waals surface area contributed by atoms with E-state index in [-0.39, 0.29) is 0 Å². The van der Waals surface area contributed by atoms with Gasteiger partial charge in [-0.15, -0.1) is 0 Å². The van der Waals surface area contributed by atoms with E-state index in [0.29, 0.717) is 0 Å². The van der Waals surface area contributed by atoms with Gasteiger partial charge in [-0.3, -0.25) is 0 Å². The van der Waals surface area contributed by atoms with Crippen molar-refractivity contribution in [2.75, 3.05) is 19.5 Å². The van der Waals surface area contributed by atoms with Gasteiger partial charge in [-0.1, -0.05) is 12.1 Å². The van der Waals surface area contributed by atoms with Crippen molar-refractivity contribution in [1.29, 1.82) is 5.26 Å². The highest BCUT2D eigenvalue weighted by molar-refractivity contribution is 5.52. The van der Waals surface area contributed by atoms with Crippen LogP contribution in [0.1, 0.15) is 17.2 Å². The number of methoxy groups -OCH3 is 2. The number of rotatable bonds is 5. The van der Waals surface area contributed by atoms with Gasteiger partial charge in [0, 0.05) is 11.8 Å². The summed E-state index contributed by atoms with van der Waals surface area (Å²) in [5.41, 5.74) is 2.75. The second-order valence-corrected chi connectivity index (χ2v) is 4.67. The molecule has 0 radical (unpaired) electrons. The van der Waals surface area contributed by atoms with E-state index in [4.69, 9.17) is 9.47 Å². The molecule has 21 heavy (non-hydrogen) atoms. The van der Waals surface area contributed by atoms with Gasteiger partial charge in [0.15, 0.2) is 0 Å². The zero-order valence-corrected chi connectivity index (χ0v) is 12.4. The predicted octanol–water partition coefficient (Wildman–Crippen LogP) is 3.69. The Bertz CT molecular complexity index is 662. The number of nitriles is 1. The Morgan fingerprint density at radius 2 is 1.90 bits per heavy atom. The molecule has 0 heterocycles. The Balaban J connectivity index is 2.23. The van der Waals surface area contributed by atoms with Crippen LogP contribution in [0.5, 0.6) is 11.5 Å². The summed E-state index contributed by atoms with van der Waals surface area (Å²) in [5.74, 6) is 1.57. The lowest BCUT2D eigenvalue weighted by Gasteiger charge is -2.15. The van der Waals surface area contributed by atoms with Crippen molar-refractivity contribution in [1.82, 2.24) is 0 Å². The van der Waals surface area contributed by atoms with Crippen molar-refractivity contribution in [2.45, 2.75) is 13.0 Å². The van der Waals surface area contributed by atoms with Gasteiger partial charge >= 0.3 is 0 Å². The van der Waals surface area contributed by atoms with Gasteiger partial charge in [0.2, 0.25) is 0 Å². The van der Waals surface area contributed by atoms with Gasteiger partial charge in [-0.05, 0) is 42.3 Å². The third-order valence-electron chi connectivity index (χ3n) is 3.26. The number of hydrogen-bond donors (Lipinski definition) is 1. The zero-order valence-electron chi connectivity index (χ0n) is 12.4. The second-order valence-electron chi connectivity index (χ2n) is 4.67. The van der Waals surface area contributed by atoms with E-state index in [1.165, 1.54) is 0 Å². The van der Waals surface area contributed by atoms with Gasteiger partial charge < -0.3 is 14.8 Å². The SMILES string of the molecule is COc1cccc(NC(C#N)c2ccc(OC)c(C)c2)c1. The molecule has 1 unspecified atom stereocenters. The Kier molecular flexibility index (Phi) is 4.68. The Morgan fingerprint density at radius 3 is 2.52 bits per heavy atom. The summed E-state index contributed by atoms with van der Waals surface area (Å²) < 4.78 is 10.4. The molecule has 4 nitrogen and oxygen atoms in total. The number of nitrogens with zero attached hydrogens (tertiary/aromatic N) is 1. The second kappa shape index (κ2) is 6.67. The van der Waals surface area contributed by atoms with Gasteiger partial charge in [-0.2, -0.15) is 5.26 Å². The van der Waals surface area contributed by atoms with Crippen LogP contribution in [0.15, 0.2) is 42.5 Å². The van der Waals surface area contributed by atoms with Crippen molar-refractivity contribution in [3.63, 3.8) is 0 Å². The number of benzene rings is 2. The molecule has 0 saturated heterocycles. The summed E-state index contributed by atoms with van der Waals surface area (Å²) in [6, 6.07) is 15.1. The van der Waals surface area contributed by atoms with Gasteiger partial charge in [0.1, 0.15) is 17.5 Å². The van der Waals surface area contributed by atoms with Crippen molar-refractivity contribution in [2.24, 2.45) is 0 Å². The molecule has 2 aromatic carbocycles. The first-order chi connectivity index (χ1) is 10.2. The molecule has 108 valence electrons. The van der Waals surface area contributed by atoms with Gasteiger partial charge in [0.05, 0.1) is 20.3 Å². The van der Waals surface area contributed by atoms with Crippen molar-refractivity contribution in [3.8, 4) is 17.6 Å². The minimum Gasteiger partial charge on any atom is -0.497 e. The van der Waals surface area contributed by atoms with Crippen LogP contribution in [0.4, 0.5) is 5.69 Å². The Morgan fingerprint density at radius 1 is 1.10 bits per heavy atom. The fourth-order valence-electron chi connectivity index (χ4n) is 2.15. The zero-order chi connectivity index (χ0) is 15.2. The topological polar surface area (TPSA) is 54.3 Å². The first-order valence-corrected chi connectivity index (χ1v) is 6.62. The van der Waals surface area contributed by atoms with E-state index in [9.17, 15) is 5.26 Å². The highest BCUT2D eigenvalue weighted by atomic mass is 16.5. The molecule has 1 N–H and O–H groups in total. The van der Waals surface area contributed by atoms with E-state index in [0.717, 1.165) is 28.3 Å². The molecule has 0 aliphatic carbocycles. The molecule has 2 rings (SSSR count). The molecule has 1 atom stereocenters. The average molecular weight is 282 g/mol. The molecule has 0 fully saturated rings. The van der Waals surface area contributed by atoms with Crippen LogP contribution in [0.2, 0.25) is 0 Å². The lowest BCUT2D eigenvalue weighted by Crippen LogP contribution is -2.09. The maximum atomic E-state index is 9.41. The number of ether oxygens (including phenoxy) is 2. The quantitative estimate of drug-likeness (QED) is 0.908. The fraction of sp³-hybridized carbons (Fsp3) is 0.235. The first-order valence-electron chi connectivity index (χ1n) is 6.62. The molecule has 4 heteroatoms.